The molecule has 0 saturated carbocycles. The van der Waals surface area contributed by atoms with E-state index in [1.807, 2.05) is 5.32 Å². The van der Waals surface area contributed by atoms with Crippen LogP contribution in [-0.2, 0) is 4.79 Å². The van der Waals surface area contributed by atoms with Crippen molar-refractivity contribution in [1.29, 1.82) is 0 Å². The van der Waals surface area contributed by atoms with Gasteiger partial charge in [-0.2, -0.15) is 5.10 Å². The Bertz CT molecular complexity index is 525. The third kappa shape index (κ3) is 3.15. The summed E-state index contributed by atoms with van der Waals surface area (Å²) >= 11 is 0. The third-order valence-corrected chi connectivity index (χ3v) is 1.89. The molecule has 2 heterocycles. The molecule has 18 heavy (non-hydrogen) atoms. The van der Waals surface area contributed by atoms with E-state index in [-0.39, 0.29) is 41.9 Å². The van der Waals surface area contributed by atoms with Crippen LogP contribution in [0, 0.1) is 10.1 Å². The van der Waals surface area contributed by atoms with Crippen molar-refractivity contribution < 1.29 is 18.9 Å². The number of hydrazone groups is 1. The second kappa shape index (κ2) is 5.76. The summed E-state index contributed by atoms with van der Waals surface area (Å²) in [5, 5.41) is 16.9. The quantitative estimate of drug-likeness (QED) is 0.263. The molecule has 9 nitrogen and oxygen atoms in total. The molecule has 0 spiro atoms. The van der Waals surface area contributed by atoms with Crippen molar-refractivity contribution in [2.75, 3.05) is 6.54 Å². The van der Waals surface area contributed by atoms with E-state index in [1.54, 1.807) is 0 Å². The SMILES string of the molecule is O=C1CN(N=Cc2ccc([N+](=O)[O-])o2)C(=O)N1.[Na]. The zero-order valence-corrected chi connectivity index (χ0v) is 11.3. The first-order valence-electron chi connectivity index (χ1n) is 4.46. The van der Waals surface area contributed by atoms with Gasteiger partial charge in [0.25, 0.3) is 0 Å². The minimum atomic E-state index is -0.691. The molecule has 1 aromatic rings. The monoisotopic (exact) mass is 261 g/mol. The number of hydrogen-bond acceptors (Lipinski definition) is 6. The number of amides is 3. The van der Waals surface area contributed by atoms with Gasteiger partial charge in [-0.15, -0.1) is 0 Å². The summed E-state index contributed by atoms with van der Waals surface area (Å²) in [5.74, 6) is -0.769. The van der Waals surface area contributed by atoms with Crippen LogP contribution in [0.5, 0.6) is 0 Å². The fraction of sp³-hybridized carbons (Fsp3) is 0.125. The molecule has 3 amide bonds. The van der Waals surface area contributed by atoms with E-state index in [2.05, 4.69) is 5.10 Å². The number of nitrogens with one attached hydrogen (secondary N) is 1. The number of carbonyl (C=O) groups is 2. The van der Waals surface area contributed by atoms with Gasteiger partial charge in [-0.05, 0) is 6.07 Å². The Morgan fingerprint density at radius 1 is 1.50 bits per heavy atom. The van der Waals surface area contributed by atoms with Crippen molar-refractivity contribution in [2.45, 2.75) is 0 Å². The Balaban J connectivity index is 0.00000162. The van der Waals surface area contributed by atoms with Gasteiger partial charge < -0.3 is 4.42 Å². The molecule has 89 valence electrons. The predicted octanol–water partition coefficient (Wildman–Crippen LogP) is -0.307. The Hall–Kier alpha value is -1.71. The van der Waals surface area contributed by atoms with Crippen LogP contribution in [0.3, 0.4) is 0 Å². The molecule has 0 unspecified atom stereocenters. The molecule has 1 aromatic heterocycles. The van der Waals surface area contributed by atoms with Crippen LogP contribution < -0.4 is 5.32 Å². The molecule has 1 aliphatic rings. The fourth-order valence-electron chi connectivity index (χ4n) is 1.16. The van der Waals surface area contributed by atoms with E-state index in [0.717, 1.165) is 17.3 Å². The van der Waals surface area contributed by atoms with Crippen LogP contribution in [0.15, 0.2) is 21.7 Å². The van der Waals surface area contributed by atoms with Crippen LogP contribution in [0.4, 0.5) is 10.7 Å². The number of rotatable bonds is 3. The van der Waals surface area contributed by atoms with Gasteiger partial charge in [0.1, 0.15) is 11.5 Å². The summed E-state index contributed by atoms with van der Waals surface area (Å²) < 4.78 is 4.78. The van der Waals surface area contributed by atoms with Gasteiger partial charge in [-0.3, -0.25) is 20.2 Å². The standard InChI is InChI=1S/C8H6N4O5.Na/c13-6-4-11(8(14)10-6)9-3-5-1-2-7(17-5)12(15)16;/h1-3H,4H2,(H,10,13,14);. The van der Waals surface area contributed by atoms with E-state index in [4.69, 9.17) is 4.42 Å². The van der Waals surface area contributed by atoms with Gasteiger partial charge in [0.2, 0.25) is 5.91 Å². The average molecular weight is 261 g/mol. The molecule has 0 aromatic carbocycles. The van der Waals surface area contributed by atoms with E-state index in [9.17, 15) is 19.7 Å². The van der Waals surface area contributed by atoms with Crippen LogP contribution in [0.25, 0.3) is 0 Å². The molecule has 2 rings (SSSR count). The third-order valence-electron chi connectivity index (χ3n) is 1.89. The van der Waals surface area contributed by atoms with E-state index in [1.165, 1.54) is 6.07 Å². The van der Waals surface area contributed by atoms with Gasteiger partial charge in [0.05, 0.1) is 12.3 Å². The Labute approximate surface area is 122 Å². The number of furan rings is 1. The van der Waals surface area contributed by atoms with Crippen molar-refractivity contribution in [3.8, 4) is 0 Å². The molecular formula is C8H6N4NaO5. The first-order valence-corrected chi connectivity index (χ1v) is 4.46. The number of carbonyl (C=O) groups excluding carboxylic acids is 2. The molecule has 1 fully saturated rings. The second-order valence-electron chi connectivity index (χ2n) is 3.09. The smallest absolute Gasteiger partial charge is 0.400 e. The Kier molecular flexibility index (Phi) is 4.59. The topological polar surface area (TPSA) is 118 Å². The van der Waals surface area contributed by atoms with Crippen molar-refractivity contribution in [3.63, 3.8) is 0 Å². The predicted molar refractivity (Wildman–Crippen MR) is 59.0 cm³/mol. The average Bonchev–Trinajstić information content (AvgIpc) is 2.82. The molecule has 0 bridgehead atoms. The first-order chi connectivity index (χ1) is 8.06. The molecule has 1 saturated heterocycles. The van der Waals surface area contributed by atoms with Crippen molar-refractivity contribution in [3.05, 3.63) is 28.0 Å². The maximum atomic E-state index is 11.1. The molecular weight excluding hydrogens is 255 g/mol. The van der Waals surface area contributed by atoms with Crippen molar-refractivity contribution in [2.24, 2.45) is 5.10 Å². The molecule has 1 aliphatic heterocycles. The number of imide groups is 1. The number of urea groups is 1. The largest absolute Gasteiger partial charge is 0.433 e. The van der Waals surface area contributed by atoms with Gasteiger partial charge in [-0.1, -0.05) is 0 Å². The fourth-order valence-corrected chi connectivity index (χ4v) is 1.16. The second-order valence-corrected chi connectivity index (χ2v) is 3.09. The van der Waals surface area contributed by atoms with Crippen LogP contribution in [-0.4, -0.2) is 64.2 Å². The normalized spacial score (nSPS) is 14.8. The van der Waals surface area contributed by atoms with Crippen molar-refractivity contribution >= 4 is 53.6 Å². The maximum absolute atomic E-state index is 11.1. The Morgan fingerprint density at radius 3 is 2.72 bits per heavy atom. The molecule has 0 aliphatic carbocycles. The Morgan fingerprint density at radius 2 is 2.22 bits per heavy atom. The minimum absolute atomic E-state index is 0. The van der Waals surface area contributed by atoms with Crippen LogP contribution >= 0.6 is 0 Å². The molecule has 1 radical (unpaired) electrons. The van der Waals surface area contributed by atoms with E-state index < -0.39 is 22.7 Å². The van der Waals surface area contributed by atoms with Gasteiger partial charge >= 0.3 is 11.9 Å². The summed E-state index contributed by atoms with van der Waals surface area (Å²) in [7, 11) is 0. The summed E-state index contributed by atoms with van der Waals surface area (Å²) in [5.41, 5.74) is 0. The molecule has 0 atom stereocenters. The van der Waals surface area contributed by atoms with E-state index in [0.29, 0.717) is 0 Å². The van der Waals surface area contributed by atoms with E-state index >= 15 is 0 Å². The molecule has 10 heteroatoms. The van der Waals surface area contributed by atoms with Crippen LogP contribution in [0.1, 0.15) is 5.76 Å². The van der Waals surface area contributed by atoms with Gasteiger partial charge in [0, 0.05) is 29.6 Å². The maximum Gasteiger partial charge on any atom is 0.433 e. The first kappa shape index (κ1) is 14.4. The summed E-state index contributed by atoms with van der Waals surface area (Å²) in [6.45, 7) is -0.182. The number of nitro groups is 1. The van der Waals surface area contributed by atoms with Crippen LogP contribution in [0.2, 0.25) is 0 Å². The van der Waals surface area contributed by atoms with Gasteiger partial charge in [-0.25, -0.2) is 9.80 Å². The minimum Gasteiger partial charge on any atom is -0.400 e. The molecule has 1 N–H and O–H groups in total. The zero-order valence-electron chi connectivity index (χ0n) is 9.32. The summed E-state index contributed by atoms with van der Waals surface area (Å²) in [6.07, 6.45) is 1.12. The number of hydrogen-bond donors (Lipinski definition) is 1. The summed E-state index contributed by atoms with van der Waals surface area (Å²) in [6, 6.07) is 1.85. The number of nitrogens with zero attached hydrogens (tertiary/aromatic N) is 3. The summed E-state index contributed by atoms with van der Waals surface area (Å²) in [4.78, 5) is 31.5. The van der Waals surface area contributed by atoms with Gasteiger partial charge in [0.15, 0.2) is 5.76 Å². The van der Waals surface area contributed by atoms with Crippen molar-refractivity contribution in [1.82, 2.24) is 10.3 Å². The zero-order chi connectivity index (χ0) is 12.4.